The summed E-state index contributed by atoms with van der Waals surface area (Å²) in [5.74, 6) is 2.26. The molecular formula is C21H28N2O2. The van der Waals surface area contributed by atoms with E-state index in [-0.39, 0.29) is 6.04 Å². The van der Waals surface area contributed by atoms with E-state index in [4.69, 9.17) is 15.2 Å². The molecule has 1 aliphatic rings. The fraction of sp³-hybridized carbons (Fsp3) is 0.429. The first-order valence-corrected chi connectivity index (χ1v) is 9.07. The van der Waals surface area contributed by atoms with Crippen LogP contribution in [0.5, 0.6) is 11.5 Å². The molecule has 2 aromatic carbocycles. The number of methoxy groups -OCH3 is 1. The molecule has 0 amide bonds. The summed E-state index contributed by atoms with van der Waals surface area (Å²) in [5, 5.41) is 0. The number of piperidine rings is 1. The Labute approximate surface area is 150 Å². The van der Waals surface area contributed by atoms with Crippen molar-refractivity contribution in [1.82, 2.24) is 0 Å². The molecule has 25 heavy (non-hydrogen) atoms. The maximum Gasteiger partial charge on any atom is 0.119 e. The highest BCUT2D eigenvalue weighted by Gasteiger charge is 2.26. The minimum absolute atomic E-state index is 0.178. The summed E-state index contributed by atoms with van der Waals surface area (Å²) in [6.07, 6.45) is 2.03. The largest absolute Gasteiger partial charge is 0.497 e. The lowest BCUT2D eigenvalue weighted by Gasteiger charge is -2.38. The maximum absolute atomic E-state index is 6.35. The van der Waals surface area contributed by atoms with Crippen LogP contribution in [0.2, 0.25) is 0 Å². The maximum atomic E-state index is 6.35. The first kappa shape index (κ1) is 17.6. The van der Waals surface area contributed by atoms with E-state index in [0.717, 1.165) is 44.0 Å². The molecule has 0 radical (unpaired) electrons. The number of nitrogens with zero attached hydrogens (tertiary/aromatic N) is 1. The molecule has 2 N–H and O–H groups in total. The molecule has 1 saturated heterocycles. The summed E-state index contributed by atoms with van der Waals surface area (Å²) < 4.78 is 10.9. The van der Waals surface area contributed by atoms with Gasteiger partial charge in [-0.2, -0.15) is 0 Å². The lowest BCUT2D eigenvalue weighted by Crippen LogP contribution is -2.46. The van der Waals surface area contributed by atoms with Crippen LogP contribution < -0.4 is 20.1 Å². The molecule has 4 heteroatoms. The van der Waals surface area contributed by atoms with Crippen molar-refractivity contribution in [3.63, 3.8) is 0 Å². The molecule has 2 atom stereocenters. The monoisotopic (exact) mass is 340 g/mol. The number of rotatable bonds is 6. The third-order valence-corrected chi connectivity index (χ3v) is 4.74. The number of hydrogen-bond acceptors (Lipinski definition) is 4. The molecule has 0 bridgehead atoms. The molecule has 134 valence electrons. The van der Waals surface area contributed by atoms with Gasteiger partial charge < -0.3 is 20.1 Å². The van der Waals surface area contributed by atoms with Crippen molar-refractivity contribution < 1.29 is 9.47 Å². The Balaban J connectivity index is 1.71. The molecule has 3 rings (SSSR count). The van der Waals surface area contributed by atoms with Crippen molar-refractivity contribution in [1.29, 1.82) is 0 Å². The average Bonchev–Trinajstić information content (AvgIpc) is 2.66. The SMILES string of the molecule is CCCOc1ccc(N2CC(N)CC(c3ccc(OC)cc3)C2)cc1. The van der Waals surface area contributed by atoms with Gasteiger partial charge in [-0.1, -0.05) is 19.1 Å². The highest BCUT2D eigenvalue weighted by molar-refractivity contribution is 5.50. The summed E-state index contributed by atoms with van der Waals surface area (Å²) >= 11 is 0. The Morgan fingerprint density at radius 1 is 1.00 bits per heavy atom. The van der Waals surface area contributed by atoms with Crippen LogP contribution in [-0.4, -0.2) is 32.8 Å². The lowest BCUT2D eigenvalue weighted by molar-refractivity contribution is 0.317. The Morgan fingerprint density at radius 3 is 2.32 bits per heavy atom. The van der Waals surface area contributed by atoms with E-state index in [1.165, 1.54) is 11.3 Å². The second kappa shape index (κ2) is 8.26. The van der Waals surface area contributed by atoms with Crippen LogP contribution in [0.3, 0.4) is 0 Å². The van der Waals surface area contributed by atoms with Crippen LogP contribution in [0.15, 0.2) is 48.5 Å². The predicted octanol–water partition coefficient (Wildman–Crippen LogP) is 3.81. The Hall–Kier alpha value is -2.20. The standard InChI is InChI=1S/C21H28N2O2/c1-3-12-25-21-10-6-19(7-11-21)23-14-17(13-18(22)15-23)16-4-8-20(24-2)9-5-16/h4-11,17-18H,3,12-15,22H2,1-2H3. The van der Waals surface area contributed by atoms with Gasteiger partial charge >= 0.3 is 0 Å². The minimum Gasteiger partial charge on any atom is -0.497 e. The fourth-order valence-corrected chi connectivity index (χ4v) is 3.44. The average molecular weight is 340 g/mol. The van der Waals surface area contributed by atoms with Crippen LogP contribution in [0, 0.1) is 0 Å². The minimum atomic E-state index is 0.178. The highest BCUT2D eigenvalue weighted by Crippen LogP contribution is 2.31. The van der Waals surface area contributed by atoms with Gasteiger partial charge in [0.25, 0.3) is 0 Å². The molecule has 0 saturated carbocycles. The van der Waals surface area contributed by atoms with Gasteiger partial charge in [-0.25, -0.2) is 0 Å². The zero-order chi connectivity index (χ0) is 17.6. The number of hydrogen-bond donors (Lipinski definition) is 1. The molecule has 0 aliphatic carbocycles. The lowest BCUT2D eigenvalue weighted by atomic mass is 9.88. The Bertz CT molecular complexity index is 655. The van der Waals surface area contributed by atoms with E-state index < -0.39 is 0 Å². The normalized spacial score (nSPS) is 20.4. The van der Waals surface area contributed by atoms with Crippen molar-refractivity contribution in [2.75, 3.05) is 31.7 Å². The summed E-state index contributed by atoms with van der Waals surface area (Å²) in [4.78, 5) is 2.38. The van der Waals surface area contributed by atoms with Gasteiger partial charge in [0.05, 0.1) is 13.7 Å². The molecular weight excluding hydrogens is 312 g/mol. The van der Waals surface area contributed by atoms with Crippen molar-refractivity contribution in [2.24, 2.45) is 5.73 Å². The van der Waals surface area contributed by atoms with Crippen molar-refractivity contribution in [2.45, 2.75) is 31.7 Å². The third-order valence-electron chi connectivity index (χ3n) is 4.74. The van der Waals surface area contributed by atoms with Gasteiger partial charge in [-0.05, 0) is 54.8 Å². The van der Waals surface area contributed by atoms with Crippen LogP contribution in [0.25, 0.3) is 0 Å². The summed E-state index contributed by atoms with van der Waals surface area (Å²) in [6.45, 7) is 4.74. The van der Waals surface area contributed by atoms with Gasteiger partial charge in [-0.15, -0.1) is 0 Å². The molecule has 4 nitrogen and oxygen atoms in total. The van der Waals surface area contributed by atoms with Crippen molar-refractivity contribution in [3.05, 3.63) is 54.1 Å². The van der Waals surface area contributed by atoms with Crippen LogP contribution in [0.4, 0.5) is 5.69 Å². The zero-order valence-electron chi connectivity index (χ0n) is 15.2. The quantitative estimate of drug-likeness (QED) is 0.869. The topological polar surface area (TPSA) is 47.7 Å². The molecule has 1 aliphatic heterocycles. The van der Waals surface area contributed by atoms with Gasteiger partial charge in [0.1, 0.15) is 11.5 Å². The number of benzene rings is 2. The Morgan fingerprint density at radius 2 is 1.68 bits per heavy atom. The van der Waals surface area contributed by atoms with E-state index in [0.29, 0.717) is 5.92 Å². The first-order valence-electron chi connectivity index (χ1n) is 9.07. The van der Waals surface area contributed by atoms with E-state index in [9.17, 15) is 0 Å². The van der Waals surface area contributed by atoms with Gasteiger partial charge in [0, 0.05) is 30.7 Å². The van der Waals surface area contributed by atoms with Gasteiger partial charge in [0.2, 0.25) is 0 Å². The molecule has 2 unspecified atom stereocenters. The molecule has 1 heterocycles. The van der Waals surface area contributed by atoms with Crippen LogP contribution in [0.1, 0.15) is 31.2 Å². The molecule has 1 fully saturated rings. The van der Waals surface area contributed by atoms with E-state index >= 15 is 0 Å². The van der Waals surface area contributed by atoms with Crippen LogP contribution >= 0.6 is 0 Å². The fourth-order valence-electron chi connectivity index (χ4n) is 3.44. The smallest absolute Gasteiger partial charge is 0.119 e. The highest BCUT2D eigenvalue weighted by atomic mass is 16.5. The number of ether oxygens (including phenoxy) is 2. The van der Waals surface area contributed by atoms with Crippen molar-refractivity contribution >= 4 is 5.69 Å². The van der Waals surface area contributed by atoms with E-state index in [1.807, 2.05) is 24.3 Å². The van der Waals surface area contributed by atoms with Crippen LogP contribution in [-0.2, 0) is 0 Å². The summed E-state index contributed by atoms with van der Waals surface area (Å²) in [5.41, 5.74) is 8.88. The second-order valence-corrected chi connectivity index (χ2v) is 6.71. The summed E-state index contributed by atoms with van der Waals surface area (Å²) in [7, 11) is 1.70. The predicted molar refractivity (Wildman–Crippen MR) is 103 cm³/mol. The summed E-state index contributed by atoms with van der Waals surface area (Å²) in [6, 6.07) is 16.9. The molecule has 0 spiro atoms. The number of anilines is 1. The van der Waals surface area contributed by atoms with Gasteiger partial charge in [-0.3, -0.25) is 0 Å². The number of nitrogens with two attached hydrogens (primary N) is 1. The Kier molecular flexibility index (Phi) is 5.82. The molecule has 2 aromatic rings. The second-order valence-electron chi connectivity index (χ2n) is 6.71. The van der Waals surface area contributed by atoms with Crippen molar-refractivity contribution in [3.8, 4) is 11.5 Å². The van der Waals surface area contributed by atoms with E-state index in [1.54, 1.807) is 7.11 Å². The first-order chi connectivity index (χ1) is 12.2. The third kappa shape index (κ3) is 4.45. The van der Waals surface area contributed by atoms with E-state index in [2.05, 4.69) is 36.1 Å². The zero-order valence-corrected chi connectivity index (χ0v) is 15.2. The van der Waals surface area contributed by atoms with Gasteiger partial charge in [0.15, 0.2) is 0 Å². The molecule has 0 aromatic heterocycles.